The molecule has 1 unspecified atom stereocenters. The van der Waals surface area contributed by atoms with Crippen molar-refractivity contribution >= 4 is 17.4 Å². The highest BCUT2D eigenvalue weighted by Gasteiger charge is 2.33. The van der Waals surface area contributed by atoms with Crippen molar-refractivity contribution in [2.45, 2.75) is 40.7 Å². The number of hydrogen-bond donors (Lipinski definition) is 2. The van der Waals surface area contributed by atoms with Gasteiger partial charge < -0.3 is 15.4 Å². The number of nitrogens with zero attached hydrogens (tertiary/aromatic N) is 2. The van der Waals surface area contributed by atoms with E-state index in [9.17, 15) is 14.4 Å². The summed E-state index contributed by atoms with van der Waals surface area (Å²) >= 11 is 0. The molecular formula is C22H30N4O4. The number of carbonyl (C=O) groups excluding carboxylic acids is 1. The Morgan fingerprint density at radius 2 is 1.93 bits per heavy atom. The van der Waals surface area contributed by atoms with Crippen LogP contribution in [-0.4, -0.2) is 28.6 Å². The van der Waals surface area contributed by atoms with Crippen molar-refractivity contribution in [3.8, 4) is 5.75 Å². The number of ether oxygens (including phenoxy) is 1. The minimum Gasteiger partial charge on any atom is -0.492 e. The van der Waals surface area contributed by atoms with Gasteiger partial charge in [-0.1, -0.05) is 45.9 Å². The number of para-hydroxylation sites is 1. The average molecular weight is 415 g/mol. The molecule has 2 heterocycles. The van der Waals surface area contributed by atoms with Crippen LogP contribution in [0.2, 0.25) is 0 Å². The molecule has 8 nitrogen and oxygen atoms in total. The molecule has 1 aromatic carbocycles. The molecule has 1 aliphatic rings. The molecule has 0 fully saturated rings. The monoisotopic (exact) mass is 414 g/mol. The van der Waals surface area contributed by atoms with Gasteiger partial charge in [-0.25, -0.2) is 4.79 Å². The van der Waals surface area contributed by atoms with Crippen LogP contribution >= 0.6 is 0 Å². The molecule has 8 heteroatoms. The highest BCUT2D eigenvalue weighted by Crippen LogP contribution is 2.29. The van der Waals surface area contributed by atoms with E-state index in [0.29, 0.717) is 19.5 Å². The molecule has 0 radical (unpaired) electrons. The lowest BCUT2D eigenvalue weighted by atomic mass is 9.95. The Balaban J connectivity index is 2.02. The van der Waals surface area contributed by atoms with Gasteiger partial charge in [0.1, 0.15) is 18.2 Å². The maximum absolute atomic E-state index is 13.5. The number of rotatable bonds is 6. The van der Waals surface area contributed by atoms with Gasteiger partial charge in [-0.15, -0.1) is 0 Å². The topological polar surface area (TPSA) is 110 Å². The first-order chi connectivity index (χ1) is 14.2. The fourth-order valence-corrected chi connectivity index (χ4v) is 3.75. The Morgan fingerprint density at radius 3 is 2.60 bits per heavy atom. The fourth-order valence-electron chi connectivity index (χ4n) is 3.75. The highest BCUT2D eigenvalue weighted by atomic mass is 16.5. The zero-order valence-electron chi connectivity index (χ0n) is 18.0. The molecular weight excluding hydrogens is 384 g/mol. The number of aromatic amines is 1. The van der Waals surface area contributed by atoms with Crippen LogP contribution < -0.4 is 26.6 Å². The second-order valence-electron chi connectivity index (χ2n) is 8.66. The predicted molar refractivity (Wildman–Crippen MR) is 117 cm³/mol. The molecule has 2 aromatic rings. The number of nitrogen functional groups attached to an aromatic ring is 1. The van der Waals surface area contributed by atoms with Gasteiger partial charge >= 0.3 is 5.69 Å². The Bertz CT molecular complexity index is 1040. The van der Waals surface area contributed by atoms with E-state index >= 15 is 0 Å². The first kappa shape index (κ1) is 21.7. The van der Waals surface area contributed by atoms with E-state index in [0.717, 1.165) is 11.3 Å². The third-order valence-electron chi connectivity index (χ3n) is 5.07. The van der Waals surface area contributed by atoms with Gasteiger partial charge in [0.25, 0.3) is 5.56 Å². The average Bonchev–Trinajstić information content (AvgIpc) is 2.69. The quantitative estimate of drug-likeness (QED) is 0.751. The number of H-pyrrole nitrogens is 1. The summed E-state index contributed by atoms with van der Waals surface area (Å²) in [5.74, 6) is 0.354. The van der Waals surface area contributed by atoms with Crippen LogP contribution in [0.3, 0.4) is 0 Å². The zero-order valence-corrected chi connectivity index (χ0v) is 18.0. The lowest BCUT2D eigenvalue weighted by Crippen LogP contribution is -2.47. The summed E-state index contributed by atoms with van der Waals surface area (Å²) < 4.78 is 7.11. The maximum atomic E-state index is 13.5. The molecule has 0 bridgehead atoms. The molecule has 0 saturated carbocycles. The molecule has 3 rings (SSSR count). The Labute approximate surface area is 175 Å². The number of nitrogens with one attached hydrogen (secondary N) is 1. The first-order valence-electron chi connectivity index (χ1n) is 10.3. The summed E-state index contributed by atoms with van der Waals surface area (Å²) in [5, 5.41) is 0. The van der Waals surface area contributed by atoms with E-state index in [1.165, 1.54) is 9.47 Å². The van der Waals surface area contributed by atoms with Crippen LogP contribution in [0.25, 0.3) is 0 Å². The Kier molecular flexibility index (Phi) is 6.34. The largest absolute Gasteiger partial charge is 0.492 e. The number of hydrogen-bond acceptors (Lipinski definition) is 5. The van der Waals surface area contributed by atoms with Crippen molar-refractivity contribution in [3.63, 3.8) is 0 Å². The third kappa shape index (κ3) is 4.42. The number of benzene rings is 1. The maximum Gasteiger partial charge on any atom is 0.330 e. The molecule has 30 heavy (non-hydrogen) atoms. The van der Waals surface area contributed by atoms with Crippen molar-refractivity contribution < 1.29 is 9.53 Å². The van der Waals surface area contributed by atoms with Crippen LogP contribution in [0, 0.1) is 17.8 Å². The molecule has 0 spiro atoms. The number of amides is 1. The molecule has 0 aliphatic carbocycles. The molecule has 1 aromatic heterocycles. The third-order valence-corrected chi connectivity index (χ3v) is 5.07. The number of anilines is 2. The normalized spacial score (nSPS) is 15.7. The van der Waals surface area contributed by atoms with Crippen molar-refractivity contribution in [1.29, 1.82) is 0 Å². The van der Waals surface area contributed by atoms with Crippen molar-refractivity contribution in [2.75, 3.05) is 23.8 Å². The van der Waals surface area contributed by atoms with E-state index in [4.69, 9.17) is 10.5 Å². The predicted octanol–water partition coefficient (Wildman–Crippen LogP) is 2.02. The molecule has 1 amide bonds. The first-order valence-corrected chi connectivity index (χ1v) is 10.3. The van der Waals surface area contributed by atoms with Gasteiger partial charge in [0, 0.05) is 13.1 Å². The van der Waals surface area contributed by atoms with Crippen LogP contribution in [0.5, 0.6) is 5.75 Å². The highest BCUT2D eigenvalue weighted by molar-refractivity contribution is 5.97. The van der Waals surface area contributed by atoms with Gasteiger partial charge in [-0.05, 0) is 29.9 Å². The zero-order chi connectivity index (χ0) is 22.0. The molecule has 0 saturated heterocycles. The summed E-state index contributed by atoms with van der Waals surface area (Å²) in [7, 11) is 0. The Morgan fingerprint density at radius 1 is 1.23 bits per heavy atom. The minimum absolute atomic E-state index is 0.0172. The van der Waals surface area contributed by atoms with E-state index < -0.39 is 17.2 Å². The van der Waals surface area contributed by atoms with E-state index in [1.54, 1.807) is 0 Å². The lowest BCUT2D eigenvalue weighted by Gasteiger charge is -2.32. The summed E-state index contributed by atoms with van der Waals surface area (Å²) in [6, 6.07) is 7.62. The molecule has 162 valence electrons. The number of fused-ring (bicyclic) bond motifs is 1. The van der Waals surface area contributed by atoms with Crippen LogP contribution in [0.1, 0.15) is 33.3 Å². The van der Waals surface area contributed by atoms with Crippen LogP contribution in [-0.2, 0) is 17.8 Å². The van der Waals surface area contributed by atoms with Gasteiger partial charge in [-0.3, -0.25) is 19.1 Å². The molecule has 1 atom stereocenters. The smallest absolute Gasteiger partial charge is 0.330 e. The second-order valence-corrected chi connectivity index (χ2v) is 8.66. The minimum atomic E-state index is -0.649. The van der Waals surface area contributed by atoms with Crippen molar-refractivity contribution in [1.82, 2.24) is 9.55 Å². The van der Waals surface area contributed by atoms with E-state index in [1.807, 2.05) is 52.0 Å². The standard InChI is InChI=1S/C22H30N4O4/c1-13(2)10-25(18-19(23)26(11-14(3)4)22(29)24-20(18)27)21(28)16-9-15-7-5-6-8-17(15)30-12-16/h5-8,13-14,16H,9-12,23H2,1-4H3,(H,24,27,29). The van der Waals surface area contributed by atoms with Gasteiger partial charge in [-0.2, -0.15) is 0 Å². The summed E-state index contributed by atoms with van der Waals surface area (Å²) in [4.78, 5) is 42.3. The number of nitrogens with two attached hydrogens (primary N) is 1. The van der Waals surface area contributed by atoms with Gasteiger partial charge in [0.2, 0.25) is 5.91 Å². The number of carbonyl (C=O) groups is 1. The van der Waals surface area contributed by atoms with Crippen LogP contribution in [0.4, 0.5) is 11.5 Å². The summed E-state index contributed by atoms with van der Waals surface area (Å²) in [6.45, 7) is 8.70. The SMILES string of the molecule is CC(C)CN(C(=O)C1COc2ccccc2C1)c1c(N)n(CC(C)C)c(=O)[nH]c1=O. The lowest BCUT2D eigenvalue weighted by molar-refractivity contribution is -0.123. The fraction of sp³-hybridized carbons (Fsp3) is 0.500. The van der Waals surface area contributed by atoms with Crippen LogP contribution in [0.15, 0.2) is 33.9 Å². The van der Waals surface area contributed by atoms with Crippen molar-refractivity contribution in [2.24, 2.45) is 17.8 Å². The summed E-state index contributed by atoms with van der Waals surface area (Å²) in [6.07, 6.45) is 0.521. The van der Waals surface area contributed by atoms with Gasteiger partial charge in [0.15, 0.2) is 5.69 Å². The molecule has 3 N–H and O–H groups in total. The van der Waals surface area contributed by atoms with E-state index in [2.05, 4.69) is 4.98 Å². The Hall–Kier alpha value is -3.03. The second kappa shape index (κ2) is 8.77. The van der Waals surface area contributed by atoms with Gasteiger partial charge in [0.05, 0.1) is 5.92 Å². The number of aromatic nitrogens is 2. The van der Waals surface area contributed by atoms with Crippen molar-refractivity contribution in [3.05, 3.63) is 50.7 Å². The molecule has 1 aliphatic heterocycles. The van der Waals surface area contributed by atoms with E-state index in [-0.39, 0.29) is 35.9 Å². The summed E-state index contributed by atoms with van der Waals surface area (Å²) in [5.41, 5.74) is 6.05.